The highest BCUT2D eigenvalue weighted by Crippen LogP contribution is 2.15. The van der Waals surface area contributed by atoms with Crippen LogP contribution >= 0.6 is 0 Å². The Morgan fingerprint density at radius 2 is 1.32 bits per heavy atom. The van der Waals surface area contributed by atoms with Gasteiger partial charge in [-0.1, -0.05) is 0 Å². The molecule has 0 bridgehead atoms. The van der Waals surface area contributed by atoms with Crippen LogP contribution in [-0.4, -0.2) is 21.0 Å². The van der Waals surface area contributed by atoms with Gasteiger partial charge in [0.25, 0.3) is 0 Å². The van der Waals surface area contributed by atoms with Crippen molar-refractivity contribution in [2.45, 2.75) is 61.7 Å². The zero-order chi connectivity index (χ0) is 19.1. The number of aromatic nitrogens is 2. The van der Waals surface area contributed by atoms with E-state index in [1.165, 1.54) is 23.6 Å². The molecule has 0 spiro atoms. The van der Waals surface area contributed by atoms with Gasteiger partial charge in [0.2, 0.25) is 0 Å². The van der Waals surface area contributed by atoms with Gasteiger partial charge in [0, 0.05) is 19.3 Å². The first kappa shape index (κ1) is 20.8. The minimum Gasteiger partial charge on any atom is -0.459 e. The Kier molecular flexibility index (Phi) is 7.71. The summed E-state index contributed by atoms with van der Waals surface area (Å²) in [6.45, 7) is 13.8. The molecule has 0 fully saturated rings. The lowest BCUT2D eigenvalue weighted by Gasteiger charge is -2.09. The van der Waals surface area contributed by atoms with Crippen molar-refractivity contribution in [3.05, 3.63) is 57.2 Å². The lowest BCUT2D eigenvalue weighted by atomic mass is 10.1. The van der Waals surface area contributed by atoms with E-state index < -0.39 is 0 Å². The van der Waals surface area contributed by atoms with Gasteiger partial charge in [0.05, 0.1) is 18.0 Å². The molecule has 136 valence electrons. The smallest absolute Gasteiger partial charge is 0.303 e. The fraction of sp³-hybridized carbons (Fsp3) is 0.450. The molecule has 0 aliphatic heterocycles. The molecule has 2 rings (SSSR count). The van der Waals surface area contributed by atoms with Gasteiger partial charge in [-0.15, -0.1) is 0 Å². The van der Waals surface area contributed by atoms with Crippen molar-refractivity contribution in [3.63, 3.8) is 0 Å². The normalized spacial score (nSPS) is 10.1. The summed E-state index contributed by atoms with van der Waals surface area (Å²) in [5.74, 6) is -0.274. The number of nitrogens with zero attached hydrogens (tertiary/aromatic N) is 2. The molecule has 2 aromatic heterocycles. The molecular formula is C20H28N2O3. The molecule has 0 aromatic carbocycles. The largest absolute Gasteiger partial charge is 0.459 e. The minimum absolute atomic E-state index is 0.0347. The molecule has 5 nitrogen and oxygen atoms in total. The monoisotopic (exact) mass is 344 g/mol. The first-order valence-corrected chi connectivity index (χ1v) is 8.26. The van der Waals surface area contributed by atoms with Crippen LogP contribution in [0.2, 0.25) is 0 Å². The predicted octanol–water partition coefficient (Wildman–Crippen LogP) is 3.57. The van der Waals surface area contributed by atoms with Crippen molar-refractivity contribution in [1.29, 1.82) is 0 Å². The van der Waals surface area contributed by atoms with Crippen LogP contribution in [0.15, 0.2) is 12.4 Å². The number of pyridine rings is 2. The fourth-order valence-corrected chi connectivity index (χ4v) is 2.24. The predicted molar refractivity (Wildman–Crippen MR) is 98.3 cm³/mol. The summed E-state index contributed by atoms with van der Waals surface area (Å²) in [7, 11) is 0. The molecule has 0 saturated heterocycles. The van der Waals surface area contributed by atoms with E-state index in [-0.39, 0.29) is 19.2 Å². The summed E-state index contributed by atoms with van der Waals surface area (Å²) in [6.07, 6.45) is 3.61. The maximum atomic E-state index is 10.6. The van der Waals surface area contributed by atoms with Crippen LogP contribution in [0, 0.1) is 41.5 Å². The van der Waals surface area contributed by atoms with Crippen LogP contribution < -0.4 is 0 Å². The van der Waals surface area contributed by atoms with Crippen molar-refractivity contribution in [1.82, 2.24) is 9.97 Å². The highest BCUT2D eigenvalue weighted by atomic mass is 16.5. The van der Waals surface area contributed by atoms with Crippen molar-refractivity contribution in [2.75, 3.05) is 0 Å². The molecule has 0 aliphatic carbocycles. The number of carbonyl (C=O) groups excluding carboxylic acids is 1. The number of hydrogen-bond acceptors (Lipinski definition) is 5. The molecule has 0 unspecified atom stereocenters. The van der Waals surface area contributed by atoms with Crippen LogP contribution in [0.25, 0.3) is 0 Å². The molecule has 0 amide bonds. The number of rotatable bonds is 3. The van der Waals surface area contributed by atoms with E-state index >= 15 is 0 Å². The second-order valence-corrected chi connectivity index (χ2v) is 6.21. The van der Waals surface area contributed by atoms with Gasteiger partial charge >= 0.3 is 5.97 Å². The standard InChI is InChI=1S/C11H15NO2.C9H13NO/c1-7-5-12-11(6-14-10(4)13)9(3)8(7)2;1-6-4-10-9(5-11)8(3)7(6)2/h5H,6H2,1-4H3;4,11H,5H2,1-3H3. The zero-order valence-electron chi connectivity index (χ0n) is 16.2. The fourth-order valence-electron chi connectivity index (χ4n) is 2.24. The molecule has 2 heterocycles. The van der Waals surface area contributed by atoms with Crippen molar-refractivity contribution < 1.29 is 14.6 Å². The van der Waals surface area contributed by atoms with Gasteiger partial charge in [-0.3, -0.25) is 14.8 Å². The molecule has 0 radical (unpaired) electrons. The van der Waals surface area contributed by atoms with E-state index in [1.807, 2.05) is 41.5 Å². The second kappa shape index (κ2) is 9.28. The van der Waals surface area contributed by atoms with Crippen molar-refractivity contribution in [3.8, 4) is 0 Å². The summed E-state index contributed by atoms with van der Waals surface area (Å²) in [5, 5.41) is 8.87. The van der Waals surface area contributed by atoms with E-state index in [1.54, 1.807) is 12.4 Å². The van der Waals surface area contributed by atoms with Crippen molar-refractivity contribution >= 4 is 5.97 Å². The summed E-state index contributed by atoms with van der Waals surface area (Å²) >= 11 is 0. The third kappa shape index (κ3) is 5.64. The quantitative estimate of drug-likeness (QED) is 0.862. The SMILES string of the molecule is CC(=O)OCc1ncc(C)c(C)c1C.Cc1cnc(CO)c(C)c1C. The molecular weight excluding hydrogens is 316 g/mol. The van der Waals surface area contributed by atoms with E-state index in [2.05, 4.69) is 9.97 Å². The highest BCUT2D eigenvalue weighted by Gasteiger charge is 2.06. The van der Waals surface area contributed by atoms with Gasteiger partial charge in [0.15, 0.2) is 0 Å². The van der Waals surface area contributed by atoms with E-state index in [0.717, 1.165) is 28.1 Å². The Labute approximate surface area is 150 Å². The highest BCUT2D eigenvalue weighted by molar-refractivity contribution is 5.65. The first-order valence-electron chi connectivity index (χ1n) is 8.26. The number of carbonyl (C=O) groups is 1. The Bertz CT molecular complexity index is 755. The van der Waals surface area contributed by atoms with Gasteiger partial charge in [-0.25, -0.2) is 0 Å². The molecule has 25 heavy (non-hydrogen) atoms. The van der Waals surface area contributed by atoms with Crippen LogP contribution in [0.4, 0.5) is 0 Å². The number of aryl methyl sites for hydroxylation is 2. The third-order valence-electron chi connectivity index (χ3n) is 4.56. The van der Waals surface area contributed by atoms with E-state index in [0.29, 0.717) is 0 Å². The molecule has 1 N–H and O–H groups in total. The topological polar surface area (TPSA) is 72.3 Å². The molecule has 0 atom stereocenters. The van der Waals surface area contributed by atoms with Crippen LogP contribution in [0.5, 0.6) is 0 Å². The molecule has 2 aromatic rings. The number of aliphatic hydroxyl groups is 1. The maximum Gasteiger partial charge on any atom is 0.303 e. The van der Waals surface area contributed by atoms with Gasteiger partial charge < -0.3 is 9.84 Å². The average Bonchev–Trinajstić information content (AvgIpc) is 2.58. The zero-order valence-corrected chi connectivity index (χ0v) is 16.2. The number of aliphatic hydroxyl groups excluding tert-OH is 1. The van der Waals surface area contributed by atoms with Gasteiger partial charge in [-0.2, -0.15) is 0 Å². The summed E-state index contributed by atoms with van der Waals surface area (Å²) in [4.78, 5) is 19.0. The van der Waals surface area contributed by atoms with E-state index in [4.69, 9.17) is 9.84 Å². The Balaban J connectivity index is 0.000000257. The second-order valence-electron chi connectivity index (χ2n) is 6.21. The molecule has 5 heteroatoms. The Hall–Kier alpha value is -2.27. The van der Waals surface area contributed by atoms with Crippen LogP contribution in [-0.2, 0) is 22.7 Å². The summed E-state index contributed by atoms with van der Waals surface area (Å²) in [5.41, 5.74) is 8.61. The average molecular weight is 344 g/mol. The lowest BCUT2D eigenvalue weighted by Crippen LogP contribution is -2.04. The third-order valence-corrected chi connectivity index (χ3v) is 4.56. The molecule has 0 saturated carbocycles. The lowest BCUT2D eigenvalue weighted by molar-refractivity contribution is -0.142. The minimum atomic E-state index is -0.274. The van der Waals surface area contributed by atoms with Crippen molar-refractivity contribution in [2.24, 2.45) is 0 Å². The van der Waals surface area contributed by atoms with Gasteiger partial charge in [0.1, 0.15) is 6.61 Å². The maximum absolute atomic E-state index is 10.6. The van der Waals surface area contributed by atoms with Crippen LogP contribution in [0.3, 0.4) is 0 Å². The van der Waals surface area contributed by atoms with Gasteiger partial charge in [-0.05, 0) is 74.9 Å². The summed E-state index contributed by atoms with van der Waals surface area (Å²) in [6, 6.07) is 0. The summed E-state index contributed by atoms with van der Waals surface area (Å²) < 4.78 is 4.90. The number of hydrogen-bond donors (Lipinski definition) is 1. The Morgan fingerprint density at radius 1 is 0.880 bits per heavy atom. The number of esters is 1. The number of ether oxygens (including phenoxy) is 1. The van der Waals surface area contributed by atoms with Crippen LogP contribution in [0.1, 0.15) is 51.7 Å². The first-order chi connectivity index (χ1) is 11.7. The Morgan fingerprint density at radius 3 is 1.76 bits per heavy atom. The molecule has 0 aliphatic rings. The van der Waals surface area contributed by atoms with E-state index in [9.17, 15) is 4.79 Å².